The number of unbranched alkanes of at least 4 members (excludes halogenated alkanes) is 8. The predicted octanol–water partition coefficient (Wildman–Crippen LogP) is 5.25. The molecule has 1 rings (SSSR count). The molecule has 4 heteroatoms. The minimum absolute atomic E-state index is 0.0861. The molecule has 0 aromatic heterocycles. The highest BCUT2D eigenvalue weighted by Crippen LogP contribution is 2.22. The largest absolute Gasteiger partial charge is 0.469 e. The van der Waals surface area contributed by atoms with Crippen LogP contribution >= 0.6 is 0 Å². The third-order valence-corrected chi connectivity index (χ3v) is 4.63. The number of oxime groups is 1. The van der Waals surface area contributed by atoms with Gasteiger partial charge in [0, 0.05) is 12.3 Å². The zero-order valence-corrected chi connectivity index (χ0v) is 15.1. The van der Waals surface area contributed by atoms with Crippen LogP contribution < -0.4 is 0 Å². The molecule has 0 aliphatic carbocycles. The van der Waals surface area contributed by atoms with E-state index in [4.69, 9.17) is 4.84 Å². The van der Waals surface area contributed by atoms with E-state index in [9.17, 15) is 4.79 Å². The molecule has 1 heterocycles. The average Bonchev–Trinajstić information content (AvgIpc) is 3.01. The molecule has 0 amide bonds. The van der Waals surface area contributed by atoms with Gasteiger partial charge in [0.15, 0.2) is 0 Å². The van der Waals surface area contributed by atoms with E-state index in [1.54, 1.807) is 0 Å². The molecule has 1 aliphatic rings. The van der Waals surface area contributed by atoms with Crippen molar-refractivity contribution in [2.45, 2.75) is 90.4 Å². The van der Waals surface area contributed by atoms with Crippen LogP contribution in [0, 0.1) is 5.92 Å². The van der Waals surface area contributed by atoms with Crippen LogP contribution in [0.2, 0.25) is 0 Å². The highest BCUT2D eigenvalue weighted by atomic mass is 16.6. The molecule has 0 saturated carbocycles. The van der Waals surface area contributed by atoms with Crippen LogP contribution in [0.3, 0.4) is 0 Å². The van der Waals surface area contributed by atoms with Crippen molar-refractivity contribution in [3.63, 3.8) is 0 Å². The van der Waals surface area contributed by atoms with Gasteiger partial charge in [0.25, 0.3) is 0 Å². The maximum atomic E-state index is 11.0. The summed E-state index contributed by atoms with van der Waals surface area (Å²) >= 11 is 0. The van der Waals surface area contributed by atoms with Crippen LogP contribution in [-0.2, 0) is 14.4 Å². The molecular formula is C19H35NO3. The zero-order valence-electron chi connectivity index (χ0n) is 15.1. The monoisotopic (exact) mass is 325 g/mol. The number of carbonyl (C=O) groups excluding carboxylic acids is 1. The normalized spacial score (nSPS) is 17.0. The van der Waals surface area contributed by atoms with Crippen molar-refractivity contribution in [3.8, 4) is 0 Å². The molecule has 1 aliphatic heterocycles. The molecule has 0 saturated heterocycles. The van der Waals surface area contributed by atoms with E-state index in [1.165, 1.54) is 70.6 Å². The van der Waals surface area contributed by atoms with Gasteiger partial charge in [0.2, 0.25) is 0 Å². The van der Waals surface area contributed by atoms with Crippen LogP contribution in [0.5, 0.6) is 0 Å². The van der Waals surface area contributed by atoms with Gasteiger partial charge in [0.1, 0.15) is 6.61 Å². The Morgan fingerprint density at radius 1 is 1.09 bits per heavy atom. The van der Waals surface area contributed by atoms with Crippen LogP contribution in [0.4, 0.5) is 0 Å². The van der Waals surface area contributed by atoms with E-state index in [0.29, 0.717) is 12.3 Å². The van der Waals surface area contributed by atoms with E-state index in [0.717, 1.165) is 25.9 Å². The van der Waals surface area contributed by atoms with E-state index in [-0.39, 0.29) is 5.97 Å². The van der Waals surface area contributed by atoms with Crippen molar-refractivity contribution in [3.05, 3.63) is 0 Å². The first-order chi connectivity index (χ1) is 11.3. The second kappa shape index (κ2) is 13.4. The Morgan fingerprint density at radius 2 is 1.78 bits per heavy atom. The van der Waals surface area contributed by atoms with Crippen LogP contribution in [0.25, 0.3) is 0 Å². The van der Waals surface area contributed by atoms with Gasteiger partial charge in [-0.05, 0) is 25.7 Å². The summed E-state index contributed by atoms with van der Waals surface area (Å²) in [4.78, 5) is 16.3. The van der Waals surface area contributed by atoms with Gasteiger partial charge in [-0.25, -0.2) is 0 Å². The fourth-order valence-electron chi connectivity index (χ4n) is 3.08. The third kappa shape index (κ3) is 9.62. The number of rotatable bonds is 14. The Bertz CT molecular complexity index is 342. The van der Waals surface area contributed by atoms with Gasteiger partial charge in [0.05, 0.1) is 12.8 Å². The number of ether oxygens (including phenoxy) is 1. The lowest BCUT2D eigenvalue weighted by atomic mass is 9.93. The van der Waals surface area contributed by atoms with Crippen LogP contribution in [-0.4, -0.2) is 25.4 Å². The summed E-state index contributed by atoms with van der Waals surface area (Å²) in [6, 6.07) is 0. The molecule has 0 aromatic carbocycles. The molecule has 23 heavy (non-hydrogen) atoms. The van der Waals surface area contributed by atoms with Crippen molar-refractivity contribution in [1.29, 1.82) is 0 Å². The Balaban J connectivity index is 1.96. The second-order valence-electron chi connectivity index (χ2n) is 6.62. The molecule has 0 bridgehead atoms. The summed E-state index contributed by atoms with van der Waals surface area (Å²) in [5.74, 6) is 0.480. The fourth-order valence-corrected chi connectivity index (χ4v) is 3.08. The number of nitrogens with zero attached hydrogens (tertiary/aromatic N) is 1. The molecule has 4 nitrogen and oxygen atoms in total. The van der Waals surface area contributed by atoms with Crippen molar-refractivity contribution in [1.82, 2.24) is 0 Å². The molecule has 1 atom stereocenters. The molecule has 0 N–H and O–H groups in total. The number of methoxy groups -OCH3 is 1. The van der Waals surface area contributed by atoms with Gasteiger partial charge >= 0.3 is 5.97 Å². The summed E-state index contributed by atoms with van der Waals surface area (Å²) < 4.78 is 4.64. The van der Waals surface area contributed by atoms with E-state index < -0.39 is 0 Å². The minimum Gasteiger partial charge on any atom is -0.469 e. The Morgan fingerprint density at radius 3 is 2.52 bits per heavy atom. The Hall–Kier alpha value is -1.06. The molecule has 0 fully saturated rings. The lowest BCUT2D eigenvalue weighted by Gasteiger charge is -2.10. The Labute approximate surface area is 142 Å². The smallest absolute Gasteiger partial charge is 0.305 e. The van der Waals surface area contributed by atoms with E-state index in [2.05, 4.69) is 16.8 Å². The number of hydrogen-bond donors (Lipinski definition) is 0. The second-order valence-corrected chi connectivity index (χ2v) is 6.62. The highest BCUT2D eigenvalue weighted by Gasteiger charge is 2.22. The summed E-state index contributed by atoms with van der Waals surface area (Å²) in [7, 11) is 1.45. The average molecular weight is 325 g/mol. The lowest BCUT2D eigenvalue weighted by Crippen LogP contribution is -2.13. The first-order valence-corrected chi connectivity index (χ1v) is 9.53. The first-order valence-electron chi connectivity index (χ1n) is 9.53. The summed E-state index contributed by atoms with van der Waals surface area (Å²) in [5.41, 5.74) is 1.30. The first kappa shape index (κ1) is 20.0. The van der Waals surface area contributed by atoms with Gasteiger partial charge in [-0.1, -0.05) is 63.4 Å². The van der Waals surface area contributed by atoms with Crippen molar-refractivity contribution in [2.24, 2.45) is 11.1 Å². The van der Waals surface area contributed by atoms with Crippen LogP contribution in [0.15, 0.2) is 5.16 Å². The highest BCUT2D eigenvalue weighted by molar-refractivity contribution is 5.87. The molecule has 1 unspecified atom stereocenters. The fraction of sp³-hybridized carbons (Fsp3) is 0.895. The van der Waals surface area contributed by atoms with E-state index in [1.807, 2.05) is 0 Å². The Kier molecular flexibility index (Phi) is 11.6. The SMILES string of the molecule is CCCCCCC1=NOCC1CCCCCCCCC(=O)OC. The molecule has 0 spiro atoms. The molecular weight excluding hydrogens is 290 g/mol. The lowest BCUT2D eigenvalue weighted by molar-refractivity contribution is -0.140. The quantitative estimate of drug-likeness (QED) is 0.323. The minimum atomic E-state index is -0.0861. The molecule has 0 aromatic rings. The maximum absolute atomic E-state index is 11.0. The van der Waals surface area contributed by atoms with E-state index >= 15 is 0 Å². The summed E-state index contributed by atoms with van der Waals surface area (Å²) in [6.45, 7) is 3.04. The third-order valence-electron chi connectivity index (χ3n) is 4.63. The van der Waals surface area contributed by atoms with Crippen molar-refractivity contribution < 1.29 is 14.4 Å². The van der Waals surface area contributed by atoms with Gasteiger partial charge in [-0.2, -0.15) is 0 Å². The molecule has 134 valence electrons. The van der Waals surface area contributed by atoms with Gasteiger partial charge in [-0.15, -0.1) is 0 Å². The molecule has 0 radical (unpaired) electrons. The summed E-state index contributed by atoms with van der Waals surface area (Å²) in [6.07, 6.45) is 15.2. The summed E-state index contributed by atoms with van der Waals surface area (Å²) in [5, 5.41) is 4.25. The number of carbonyl (C=O) groups is 1. The predicted molar refractivity (Wildman–Crippen MR) is 94.6 cm³/mol. The van der Waals surface area contributed by atoms with Gasteiger partial charge in [-0.3, -0.25) is 4.79 Å². The topological polar surface area (TPSA) is 47.9 Å². The maximum Gasteiger partial charge on any atom is 0.305 e. The van der Waals surface area contributed by atoms with Crippen molar-refractivity contribution in [2.75, 3.05) is 13.7 Å². The van der Waals surface area contributed by atoms with Gasteiger partial charge < -0.3 is 9.57 Å². The van der Waals surface area contributed by atoms with Crippen molar-refractivity contribution >= 4 is 11.7 Å². The number of hydrogen-bond acceptors (Lipinski definition) is 4. The standard InChI is InChI=1S/C19H35NO3/c1-3-4-5-11-14-18-17(16-23-20-18)13-10-8-6-7-9-12-15-19(21)22-2/h17H,3-16H2,1-2H3. The zero-order chi connectivity index (χ0) is 16.8. The van der Waals surface area contributed by atoms with Crippen LogP contribution in [0.1, 0.15) is 90.4 Å². The number of esters is 1.